The average Bonchev–Trinajstić information content (AvgIpc) is 3.46. The summed E-state index contributed by atoms with van der Waals surface area (Å²) in [7, 11) is 4.38. The van der Waals surface area contributed by atoms with Crippen LogP contribution in [0.25, 0.3) is 31.5 Å². The van der Waals surface area contributed by atoms with E-state index in [9.17, 15) is 0 Å². The van der Waals surface area contributed by atoms with E-state index in [1.54, 1.807) is 28.9 Å². The fraction of sp³-hybridized carbons (Fsp3) is 0.400. The van der Waals surface area contributed by atoms with Crippen molar-refractivity contribution in [2.75, 3.05) is 25.5 Å². The number of anilines is 1. The minimum atomic E-state index is 0.542. The zero-order chi connectivity index (χ0) is 20.0. The summed E-state index contributed by atoms with van der Waals surface area (Å²) < 4.78 is 0. The predicted octanol–water partition coefficient (Wildman–Crippen LogP) is 4.12. The average molecular weight is 426 g/mol. The number of likely N-dealkylation sites (tertiary alicyclic amines) is 1. The molecule has 0 bridgehead atoms. The Morgan fingerprint density at radius 3 is 2.69 bits per heavy atom. The number of pyridine rings is 1. The van der Waals surface area contributed by atoms with Gasteiger partial charge in [0.2, 0.25) is 0 Å². The van der Waals surface area contributed by atoms with Crippen LogP contribution in [0, 0.1) is 0 Å². The Morgan fingerprint density at radius 1 is 1.14 bits per heavy atom. The SMILES string of the molecule is CC1CC(N(C)c2nc3sc(-c4ccc(-c5cn[nH]c5)nc4)nc3s2)CCN1C. The van der Waals surface area contributed by atoms with Gasteiger partial charge in [-0.25, -0.2) is 9.97 Å². The maximum atomic E-state index is 4.89. The van der Waals surface area contributed by atoms with Crippen LogP contribution in [0.2, 0.25) is 0 Å². The van der Waals surface area contributed by atoms with Crippen molar-refractivity contribution in [3.8, 4) is 21.8 Å². The van der Waals surface area contributed by atoms with Gasteiger partial charge >= 0.3 is 0 Å². The number of piperidine rings is 1. The van der Waals surface area contributed by atoms with E-state index >= 15 is 0 Å². The van der Waals surface area contributed by atoms with Gasteiger partial charge in [0.05, 0.1) is 11.9 Å². The Balaban J connectivity index is 1.35. The predicted molar refractivity (Wildman–Crippen MR) is 120 cm³/mol. The number of nitrogens with one attached hydrogen (secondary N) is 1. The molecule has 0 amide bonds. The number of H-pyrrole nitrogens is 1. The van der Waals surface area contributed by atoms with E-state index in [0.29, 0.717) is 12.1 Å². The molecule has 9 heteroatoms. The molecule has 1 saturated heterocycles. The zero-order valence-corrected chi connectivity index (χ0v) is 18.3. The summed E-state index contributed by atoms with van der Waals surface area (Å²) in [5.74, 6) is 0. The van der Waals surface area contributed by atoms with E-state index in [1.807, 2.05) is 18.5 Å². The molecule has 7 nitrogen and oxygen atoms in total. The van der Waals surface area contributed by atoms with E-state index < -0.39 is 0 Å². The largest absolute Gasteiger partial charge is 0.348 e. The number of aromatic nitrogens is 5. The van der Waals surface area contributed by atoms with E-state index in [1.165, 1.54) is 12.8 Å². The normalized spacial score (nSPS) is 20.4. The van der Waals surface area contributed by atoms with Gasteiger partial charge in [-0.1, -0.05) is 22.7 Å². The zero-order valence-electron chi connectivity index (χ0n) is 16.7. The van der Waals surface area contributed by atoms with Crippen molar-refractivity contribution >= 4 is 37.5 Å². The maximum Gasteiger partial charge on any atom is 0.188 e. The number of rotatable bonds is 4. The third kappa shape index (κ3) is 3.54. The van der Waals surface area contributed by atoms with Gasteiger partial charge in [-0.05, 0) is 38.9 Å². The highest BCUT2D eigenvalue weighted by Gasteiger charge is 2.27. The molecule has 4 aromatic heterocycles. The van der Waals surface area contributed by atoms with Crippen LogP contribution < -0.4 is 4.90 Å². The van der Waals surface area contributed by atoms with Crippen molar-refractivity contribution in [2.45, 2.75) is 31.8 Å². The van der Waals surface area contributed by atoms with E-state index in [-0.39, 0.29) is 0 Å². The summed E-state index contributed by atoms with van der Waals surface area (Å²) >= 11 is 3.32. The molecule has 2 unspecified atom stereocenters. The molecular formula is C20H23N7S2. The maximum absolute atomic E-state index is 4.89. The van der Waals surface area contributed by atoms with Crippen LogP contribution in [-0.2, 0) is 0 Å². The van der Waals surface area contributed by atoms with E-state index in [4.69, 9.17) is 9.97 Å². The quantitative estimate of drug-likeness (QED) is 0.530. The lowest BCUT2D eigenvalue weighted by atomic mass is 9.98. The Labute approximate surface area is 177 Å². The molecule has 0 aromatic carbocycles. The fourth-order valence-electron chi connectivity index (χ4n) is 3.76. The second kappa shape index (κ2) is 7.47. The van der Waals surface area contributed by atoms with Crippen LogP contribution in [0.3, 0.4) is 0 Å². The Kier molecular flexibility index (Phi) is 4.81. The molecule has 0 saturated carbocycles. The topological polar surface area (TPSA) is 73.8 Å². The molecule has 0 aliphatic carbocycles. The van der Waals surface area contributed by atoms with Gasteiger partial charge in [0.15, 0.2) is 14.8 Å². The minimum absolute atomic E-state index is 0.542. The van der Waals surface area contributed by atoms with Gasteiger partial charge < -0.3 is 9.80 Å². The molecule has 2 atom stereocenters. The third-order valence-electron chi connectivity index (χ3n) is 5.80. The summed E-state index contributed by atoms with van der Waals surface area (Å²) in [6.45, 7) is 3.44. The molecule has 1 fully saturated rings. The van der Waals surface area contributed by atoms with Crippen LogP contribution in [0.4, 0.5) is 5.13 Å². The van der Waals surface area contributed by atoms with Crippen molar-refractivity contribution in [2.24, 2.45) is 0 Å². The highest BCUT2D eigenvalue weighted by atomic mass is 32.1. The van der Waals surface area contributed by atoms with Crippen LogP contribution >= 0.6 is 22.7 Å². The molecule has 150 valence electrons. The fourth-order valence-corrected chi connectivity index (χ4v) is 5.82. The number of nitrogens with zero attached hydrogens (tertiary/aromatic N) is 6. The van der Waals surface area contributed by atoms with Crippen molar-refractivity contribution in [1.29, 1.82) is 0 Å². The molecule has 5 rings (SSSR count). The Hall–Kier alpha value is -2.36. The second-order valence-electron chi connectivity index (χ2n) is 7.66. The van der Waals surface area contributed by atoms with Crippen molar-refractivity contribution in [3.05, 3.63) is 30.7 Å². The standard InChI is InChI=1S/C20H23N7S2/c1-12-8-15(6-7-26(12)2)27(3)20-25-19-18(29-20)24-17(28-19)13-4-5-16(21-9-13)14-10-22-23-11-14/h4-5,9-12,15H,6-8H2,1-3H3,(H,22,23). The first-order valence-corrected chi connectivity index (χ1v) is 11.4. The number of thiazole rings is 2. The molecule has 1 aliphatic heterocycles. The van der Waals surface area contributed by atoms with E-state index in [0.717, 1.165) is 43.2 Å². The number of fused-ring (bicyclic) bond motifs is 1. The summed E-state index contributed by atoms with van der Waals surface area (Å²) in [5.41, 5.74) is 2.90. The first kappa shape index (κ1) is 18.7. The first-order valence-electron chi connectivity index (χ1n) is 9.74. The van der Waals surface area contributed by atoms with Gasteiger partial charge in [-0.15, -0.1) is 0 Å². The van der Waals surface area contributed by atoms with E-state index in [2.05, 4.69) is 52.1 Å². The molecule has 29 heavy (non-hydrogen) atoms. The third-order valence-corrected chi connectivity index (χ3v) is 7.97. The van der Waals surface area contributed by atoms with Gasteiger partial charge in [-0.3, -0.25) is 10.1 Å². The van der Waals surface area contributed by atoms with Crippen molar-refractivity contribution in [1.82, 2.24) is 30.0 Å². The van der Waals surface area contributed by atoms with Crippen molar-refractivity contribution < 1.29 is 0 Å². The lowest BCUT2D eigenvalue weighted by molar-refractivity contribution is 0.181. The smallest absolute Gasteiger partial charge is 0.188 e. The summed E-state index contributed by atoms with van der Waals surface area (Å²) in [5, 5.41) is 8.83. The molecule has 4 aromatic rings. The molecule has 0 spiro atoms. The molecular weight excluding hydrogens is 402 g/mol. The summed E-state index contributed by atoms with van der Waals surface area (Å²) in [6, 6.07) is 5.22. The van der Waals surface area contributed by atoms with Gasteiger partial charge in [0.25, 0.3) is 0 Å². The van der Waals surface area contributed by atoms with Crippen LogP contribution in [0.5, 0.6) is 0 Å². The van der Waals surface area contributed by atoms with Gasteiger partial charge in [0.1, 0.15) is 5.01 Å². The first-order chi connectivity index (χ1) is 14.1. The minimum Gasteiger partial charge on any atom is -0.348 e. The Morgan fingerprint density at radius 2 is 2.00 bits per heavy atom. The highest BCUT2D eigenvalue weighted by molar-refractivity contribution is 7.29. The van der Waals surface area contributed by atoms with Crippen LogP contribution in [0.1, 0.15) is 19.8 Å². The van der Waals surface area contributed by atoms with Crippen LogP contribution in [0.15, 0.2) is 30.7 Å². The number of hydrogen-bond donors (Lipinski definition) is 1. The van der Waals surface area contributed by atoms with Gasteiger partial charge in [-0.2, -0.15) is 5.10 Å². The number of aromatic amines is 1. The lowest BCUT2D eigenvalue weighted by Gasteiger charge is -2.39. The summed E-state index contributed by atoms with van der Waals surface area (Å²) in [6.07, 6.45) is 7.84. The van der Waals surface area contributed by atoms with Crippen molar-refractivity contribution in [3.63, 3.8) is 0 Å². The summed E-state index contributed by atoms with van der Waals surface area (Å²) in [4.78, 5) is 21.1. The molecule has 0 radical (unpaired) electrons. The second-order valence-corrected chi connectivity index (χ2v) is 9.60. The van der Waals surface area contributed by atoms with Gasteiger partial charge in [0, 0.05) is 49.2 Å². The Bertz CT molecular complexity index is 1070. The monoisotopic (exact) mass is 425 g/mol. The van der Waals surface area contributed by atoms with Crippen LogP contribution in [-0.4, -0.2) is 62.8 Å². The molecule has 1 aliphatic rings. The molecule has 1 N–H and O–H groups in total. The lowest BCUT2D eigenvalue weighted by Crippen LogP contribution is -2.46. The molecule has 5 heterocycles. The highest BCUT2D eigenvalue weighted by Crippen LogP contribution is 2.37. The number of hydrogen-bond acceptors (Lipinski definition) is 8.